The molecule has 0 aromatic heterocycles. The summed E-state index contributed by atoms with van der Waals surface area (Å²) in [5.74, 6) is 1.08. The van der Waals surface area contributed by atoms with Crippen molar-refractivity contribution in [2.45, 2.75) is 25.2 Å². The van der Waals surface area contributed by atoms with E-state index in [2.05, 4.69) is 37.4 Å². The molecule has 0 fully saturated rings. The van der Waals surface area contributed by atoms with Gasteiger partial charge in [0.05, 0.1) is 24.4 Å². The topological polar surface area (TPSA) is 50.7 Å². The summed E-state index contributed by atoms with van der Waals surface area (Å²) in [5.41, 5.74) is 3.87. The molecule has 0 radical (unpaired) electrons. The molecule has 4 rings (SSSR count). The third kappa shape index (κ3) is 4.21. The molecule has 1 atom stereocenters. The number of methoxy groups -OCH3 is 1. The number of aliphatic imine (C=N–C) groups is 1. The molecule has 1 aliphatic heterocycles. The predicted octanol–water partition coefficient (Wildman–Crippen LogP) is 5.20. The van der Waals surface area contributed by atoms with Gasteiger partial charge in [-0.1, -0.05) is 62.0 Å². The van der Waals surface area contributed by atoms with Crippen LogP contribution < -0.4 is 10.1 Å². The highest BCUT2D eigenvalue weighted by atomic mass is 32.2. The molecule has 1 aliphatic carbocycles. The summed E-state index contributed by atoms with van der Waals surface area (Å²) >= 11 is 1.71. The number of hydrogen-bond acceptors (Lipinski definition) is 4. The molecular formula is C25H26N2O2S. The number of hydrogen-bond donors (Lipinski definition) is 1. The summed E-state index contributed by atoms with van der Waals surface area (Å²) in [6.45, 7) is 4.88. The normalized spacial score (nSPS) is 17.7. The van der Waals surface area contributed by atoms with Crippen LogP contribution in [0.15, 0.2) is 81.2 Å². The van der Waals surface area contributed by atoms with Gasteiger partial charge in [-0.3, -0.25) is 9.79 Å². The number of allylic oxidation sites excluding steroid dienone is 2. The zero-order chi connectivity index (χ0) is 21.1. The summed E-state index contributed by atoms with van der Waals surface area (Å²) in [6.07, 6.45) is 4.65. The van der Waals surface area contributed by atoms with Gasteiger partial charge in [-0.15, -0.1) is 0 Å². The van der Waals surface area contributed by atoms with E-state index in [-0.39, 0.29) is 11.8 Å². The molecule has 1 amide bonds. The molecular weight excluding hydrogens is 392 g/mol. The SMILES string of the molecule is COc1ccccc1C1=NC2=C(C=CC(C(=O)NCC(C)C)C2)Sc2ccccc21. The summed E-state index contributed by atoms with van der Waals surface area (Å²) < 4.78 is 5.62. The summed E-state index contributed by atoms with van der Waals surface area (Å²) in [6, 6.07) is 16.3. The fraction of sp³-hybridized carbons (Fsp3) is 0.280. The minimum Gasteiger partial charge on any atom is -0.496 e. The monoisotopic (exact) mass is 418 g/mol. The lowest BCUT2D eigenvalue weighted by atomic mass is 9.96. The average molecular weight is 419 g/mol. The number of benzene rings is 2. The van der Waals surface area contributed by atoms with Gasteiger partial charge in [0.15, 0.2) is 0 Å². The van der Waals surface area contributed by atoms with Crippen LogP contribution in [0.25, 0.3) is 0 Å². The van der Waals surface area contributed by atoms with Gasteiger partial charge in [0.25, 0.3) is 0 Å². The lowest BCUT2D eigenvalue weighted by Gasteiger charge is -2.19. The number of nitrogens with one attached hydrogen (secondary N) is 1. The van der Waals surface area contributed by atoms with Crippen molar-refractivity contribution in [1.29, 1.82) is 0 Å². The van der Waals surface area contributed by atoms with Gasteiger partial charge in [0, 0.05) is 33.9 Å². The zero-order valence-corrected chi connectivity index (χ0v) is 18.3. The van der Waals surface area contributed by atoms with Crippen molar-refractivity contribution in [3.05, 3.63) is 82.4 Å². The van der Waals surface area contributed by atoms with Crippen molar-refractivity contribution >= 4 is 23.4 Å². The van der Waals surface area contributed by atoms with Crippen molar-refractivity contribution in [2.24, 2.45) is 16.8 Å². The molecule has 2 aromatic carbocycles. The van der Waals surface area contributed by atoms with Crippen LogP contribution in [-0.4, -0.2) is 25.3 Å². The Morgan fingerprint density at radius 1 is 1.17 bits per heavy atom. The van der Waals surface area contributed by atoms with E-state index < -0.39 is 0 Å². The molecule has 2 aliphatic rings. The third-order valence-electron chi connectivity index (χ3n) is 5.17. The highest BCUT2D eigenvalue weighted by molar-refractivity contribution is 8.03. The van der Waals surface area contributed by atoms with E-state index >= 15 is 0 Å². The van der Waals surface area contributed by atoms with E-state index in [9.17, 15) is 4.79 Å². The Balaban J connectivity index is 1.74. The summed E-state index contributed by atoms with van der Waals surface area (Å²) in [5, 5.41) is 3.05. The predicted molar refractivity (Wildman–Crippen MR) is 123 cm³/mol. The number of para-hydroxylation sites is 1. The Morgan fingerprint density at radius 2 is 1.90 bits per heavy atom. The van der Waals surface area contributed by atoms with Gasteiger partial charge in [-0.25, -0.2) is 0 Å². The summed E-state index contributed by atoms with van der Waals surface area (Å²) in [4.78, 5) is 20.0. The van der Waals surface area contributed by atoms with Crippen LogP contribution in [-0.2, 0) is 4.79 Å². The molecule has 5 heteroatoms. The Bertz CT molecular complexity index is 1050. The first-order chi connectivity index (χ1) is 14.6. The van der Waals surface area contributed by atoms with Gasteiger partial charge < -0.3 is 10.1 Å². The van der Waals surface area contributed by atoms with E-state index in [1.807, 2.05) is 42.5 Å². The molecule has 154 valence electrons. The van der Waals surface area contributed by atoms with Crippen LogP contribution >= 0.6 is 11.8 Å². The molecule has 2 aromatic rings. The molecule has 0 bridgehead atoms. The van der Waals surface area contributed by atoms with Gasteiger partial charge >= 0.3 is 0 Å². The number of carbonyl (C=O) groups excluding carboxylic acids is 1. The number of nitrogens with zero attached hydrogens (tertiary/aromatic N) is 1. The Kier molecular flexibility index (Phi) is 6.09. The van der Waals surface area contributed by atoms with Gasteiger partial charge in [-0.05, 0) is 30.2 Å². The second kappa shape index (κ2) is 8.92. The Morgan fingerprint density at radius 3 is 2.67 bits per heavy atom. The average Bonchev–Trinajstić information content (AvgIpc) is 2.93. The summed E-state index contributed by atoms with van der Waals surface area (Å²) in [7, 11) is 1.68. The number of fused-ring (bicyclic) bond motifs is 1. The van der Waals surface area contributed by atoms with Crippen molar-refractivity contribution in [3.63, 3.8) is 0 Å². The fourth-order valence-corrected chi connectivity index (χ4v) is 4.65. The minimum absolute atomic E-state index is 0.0623. The van der Waals surface area contributed by atoms with Gasteiger partial charge in [-0.2, -0.15) is 0 Å². The number of carbonyl (C=O) groups is 1. The van der Waals surface area contributed by atoms with Crippen LogP contribution in [0.2, 0.25) is 0 Å². The standard InChI is InChI=1S/C25H26N2O2S/c1-16(2)15-26-25(28)17-12-13-23-20(14-17)27-24(18-8-4-6-10-21(18)29-3)19-9-5-7-11-22(19)30-23/h4-13,16-17H,14-15H2,1-3H3,(H,26,28). The number of amides is 1. The van der Waals surface area contributed by atoms with Crippen LogP contribution in [0.5, 0.6) is 5.75 Å². The first kappa shape index (κ1) is 20.5. The molecule has 30 heavy (non-hydrogen) atoms. The molecule has 0 spiro atoms. The fourth-order valence-electron chi connectivity index (χ4n) is 3.60. The molecule has 1 heterocycles. The lowest BCUT2D eigenvalue weighted by molar-refractivity contribution is -0.123. The van der Waals surface area contributed by atoms with Crippen LogP contribution in [0.3, 0.4) is 0 Å². The lowest BCUT2D eigenvalue weighted by Crippen LogP contribution is -2.33. The maximum Gasteiger partial charge on any atom is 0.227 e. The number of rotatable bonds is 5. The van der Waals surface area contributed by atoms with E-state index in [1.165, 1.54) is 0 Å². The highest BCUT2D eigenvalue weighted by Crippen LogP contribution is 2.42. The maximum absolute atomic E-state index is 12.7. The molecule has 0 saturated heterocycles. The van der Waals surface area contributed by atoms with E-state index in [4.69, 9.17) is 9.73 Å². The zero-order valence-electron chi connectivity index (χ0n) is 17.5. The van der Waals surface area contributed by atoms with Crippen LogP contribution in [0, 0.1) is 11.8 Å². The maximum atomic E-state index is 12.7. The van der Waals surface area contributed by atoms with Crippen LogP contribution in [0.4, 0.5) is 0 Å². The molecule has 1 N–H and O–H groups in total. The molecule has 0 saturated carbocycles. The van der Waals surface area contributed by atoms with Crippen molar-refractivity contribution < 1.29 is 9.53 Å². The van der Waals surface area contributed by atoms with E-state index in [0.29, 0.717) is 18.9 Å². The quantitative estimate of drug-likeness (QED) is 0.726. The second-order valence-electron chi connectivity index (χ2n) is 7.88. The van der Waals surface area contributed by atoms with Crippen molar-refractivity contribution in [3.8, 4) is 5.75 Å². The first-order valence-electron chi connectivity index (χ1n) is 10.2. The Labute approximate surface area is 182 Å². The van der Waals surface area contributed by atoms with E-state index in [1.54, 1.807) is 18.9 Å². The minimum atomic E-state index is -0.202. The first-order valence-corrected chi connectivity index (χ1v) is 11.1. The Hall–Kier alpha value is -2.79. The van der Waals surface area contributed by atoms with Gasteiger partial charge in [0.2, 0.25) is 5.91 Å². The number of ether oxygens (including phenoxy) is 1. The van der Waals surface area contributed by atoms with Gasteiger partial charge in [0.1, 0.15) is 5.75 Å². The third-order valence-corrected chi connectivity index (χ3v) is 6.34. The number of thioether (sulfide) groups is 1. The molecule has 4 nitrogen and oxygen atoms in total. The largest absolute Gasteiger partial charge is 0.496 e. The van der Waals surface area contributed by atoms with Crippen LogP contribution in [0.1, 0.15) is 31.4 Å². The molecule has 1 unspecified atom stereocenters. The van der Waals surface area contributed by atoms with Crippen molar-refractivity contribution in [1.82, 2.24) is 5.32 Å². The smallest absolute Gasteiger partial charge is 0.227 e. The van der Waals surface area contributed by atoms with Crippen molar-refractivity contribution in [2.75, 3.05) is 13.7 Å². The van der Waals surface area contributed by atoms with E-state index in [0.717, 1.165) is 38.1 Å². The highest BCUT2D eigenvalue weighted by Gasteiger charge is 2.27. The second-order valence-corrected chi connectivity index (χ2v) is 8.96.